The maximum atomic E-state index is 10.2. The van der Waals surface area contributed by atoms with Crippen molar-refractivity contribution in [2.24, 2.45) is 0 Å². The Balaban J connectivity index is 2.97. The summed E-state index contributed by atoms with van der Waals surface area (Å²) in [5.74, 6) is 3.94. The van der Waals surface area contributed by atoms with Crippen molar-refractivity contribution in [3.63, 3.8) is 0 Å². The van der Waals surface area contributed by atoms with E-state index in [0.717, 1.165) is 6.42 Å². The molecule has 2 heteroatoms. The summed E-state index contributed by atoms with van der Waals surface area (Å²) in [6.45, 7) is 3.47. The molecular weight excluding hydrogens is 108 g/mol. The molecule has 0 aromatic rings. The topological polar surface area (TPSA) is 19.9 Å². The molecule has 0 amide bonds. The zero-order valence-electron chi connectivity index (χ0n) is 4.22. The van der Waals surface area contributed by atoms with Gasteiger partial charge in [0.15, 0.2) is 0 Å². The summed E-state index contributed by atoms with van der Waals surface area (Å²) in [5, 5.41) is 0. The van der Waals surface area contributed by atoms with Gasteiger partial charge in [0.05, 0.1) is 0 Å². The lowest BCUT2D eigenvalue weighted by atomic mass is 10.5. The molecule has 0 heterocycles. The average Bonchev–Trinajstić information content (AvgIpc) is 1.61. The van der Waals surface area contributed by atoms with Crippen molar-refractivity contribution in [3.8, 4) is 0 Å². The number of allylic oxidation sites excluding steroid dienone is 1. The molecule has 0 aliphatic rings. The lowest BCUT2D eigenvalue weighted by Crippen LogP contribution is -1.72. The van der Waals surface area contributed by atoms with Crippen LogP contribution in [0.1, 0.15) is 6.42 Å². The van der Waals surface area contributed by atoms with Crippen LogP contribution in [0.25, 0.3) is 0 Å². The van der Waals surface area contributed by atoms with E-state index in [1.165, 1.54) is 0 Å². The minimum absolute atomic E-state index is 0.642. The van der Waals surface area contributed by atoms with Gasteiger partial charge in [-0.05, 0) is 23.1 Å². The summed E-state index contributed by atoms with van der Waals surface area (Å²) < 4.78 is 10.2. The molecule has 0 aromatic heterocycles. The molecule has 1 nitrogen and oxygen atoms in total. The Morgan fingerprint density at radius 2 is 2.29 bits per heavy atom. The Hall–Kier alpha value is -0.0800. The SMILES string of the molecule is C=CCCS(=C)[O]. The largest absolute Gasteiger partial charge is 0.160 e. The average molecular weight is 117 g/mol. The van der Waals surface area contributed by atoms with E-state index >= 15 is 0 Å². The fourth-order valence-electron chi connectivity index (χ4n) is 0.215. The molecule has 41 valence electrons. The molecule has 0 aromatic carbocycles. The van der Waals surface area contributed by atoms with Crippen LogP contribution >= 0.6 is 10.8 Å². The van der Waals surface area contributed by atoms with Crippen LogP contribution in [0, 0.1) is 0 Å². The van der Waals surface area contributed by atoms with Crippen molar-refractivity contribution in [3.05, 3.63) is 12.7 Å². The van der Waals surface area contributed by atoms with Gasteiger partial charge in [0.2, 0.25) is 0 Å². The molecule has 1 radical (unpaired) electrons. The number of hydrogen-bond donors (Lipinski definition) is 0. The molecule has 0 fully saturated rings. The van der Waals surface area contributed by atoms with E-state index in [0.29, 0.717) is 5.75 Å². The molecule has 0 N–H and O–H groups in total. The molecule has 0 spiro atoms. The van der Waals surface area contributed by atoms with E-state index in [2.05, 4.69) is 12.4 Å². The lowest BCUT2D eigenvalue weighted by Gasteiger charge is -1.86. The van der Waals surface area contributed by atoms with Crippen molar-refractivity contribution in [2.45, 2.75) is 6.42 Å². The molecule has 0 rings (SSSR count). The zero-order chi connectivity index (χ0) is 5.70. The van der Waals surface area contributed by atoms with Crippen molar-refractivity contribution >= 4 is 16.6 Å². The van der Waals surface area contributed by atoms with Crippen molar-refractivity contribution in [1.29, 1.82) is 0 Å². The predicted octanol–water partition coefficient (Wildman–Crippen LogP) is 1.61. The summed E-state index contributed by atoms with van der Waals surface area (Å²) >= 11 is 0. The predicted molar refractivity (Wildman–Crippen MR) is 35.1 cm³/mol. The third kappa shape index (κ3) is 5.92. The Labute approximate surface area is 46.8 Å². The van der Waals surface area contributed by atoms with Gasteiger partial charge in [0.1, 0.15) is 0 Å². The summed E-state index contributed by atoms with van der Waals surface area (Å²) in [7, 11) is -0.887. The second kappa shape index (κ2) is 4.09. The molecule has 1 atom stereocenters. The van der Waals surface area contributed by atoms with Crippen LogP contribution in [0.3, 0.4) is 0 Å². The first-order valence-electron chi connectivity index (χ1n) is 2.06. The summed E-state index contributed by atoms with van der Waals surface area (Å²) in [5.41, 5.74) is 0. The lowest BCUT2D eigenvalue weighted by molar-refractivity contribution is 0.529. The van der Waals surface area contributed by atoms with Crippen LogP contribution in [0.5, 0.6) is 0 Å². The second-order valence-electron chi connectivity index (χ2n) is 1.22. The van der Waals surface area contributed by atoms with E-state index in [9.17, 15) is 4.55 Å². The highest BCUT2D eigenvalue weighted by Gasteiger charge is 1.80. The van der Waals surface area contributed by atoms with Gasteiger partial charge in [-0.3, -0.25) is 0 Å². The van der Waals surface area contributed by atoms with E-state index in [1.807, 2.05) is 0 Å². The van der Waals surface area contributed by atoms with Gasteiger partial charge in [0, 0.05) is 5.75 Å². The fourth-order valence-corrected chi connectivity index (χ4v) is 0.644. The third-order valence-corrected chi connectivity index (χ3v) is 1.24. The Morgan fingerprint density at radius 3 is 2.43 bits per heavy atom. The van der Waals surface area contributed by atoms with Crippen LogP contribution in [0.15, 0.2) is 12.7 Å². The maximum absolute atomic E-state index is 10.2. The molecule has 0 aliphatic carbocycles. The number of rotatable bonds is 3. The highest BCUT2D eigenvalue weighted by Crippen LogP contribution is 2.03. The Kier molecular flexibility index (Phi) is 4.04. The summed E-state index contributed by atoms with van der Waals surface area (Å²) in [6, 6.07) is 0. The monoisotopic (exact) mass is 117 g/mol. The molecule has 7 heavy (non-hydrogen) atoms. The van der Waals surface area contributed by atoms with Gasteiger partial charge < -0.3 is 0 Å². The zero-order valence-corrected chi connectivity index (χ0v) is 5.04. The smallest absolute Gasteiger partial charge is 0.0184 e. The first kappa shape index (κ1) is 6.92. The van der Waals surface area contributed by atoms with Gasteiger partial charge in [-0.2, -0.15) is 4.55 Å². The molecular formula is C5H9OS. The minimum atomic E-state index is -0.887. The van der Waals surface area contributed by atoms with Crippen LogP contribution in [-0.4, -0.2) is 11.6 Å². The summed E-state index contributed by atoms with van der Waals surface area (Å²) in [4.78, 5) is 0. The molecule has 0 saturated carbocycles. The van der Waals surface area contributed by atoms with E-state index in [1.54, 1.807) is 6.08 Å². The third-order valence-electron chi connectivity index (χ3n) is 0.550. The van der Waals surface area contributed by atoms with Crippen LogP contribution in [0.2, 0.25) is 0 Å². The first-order chi connectivity index (χ1) is 3.27. The van der Waals surface area contributed by atoms with E-state index in [4.69, 9.17) is 0 Å². The van der Waals surface area contributed by atoms with Crippen LogP contribution < -0.4 is 0 Å². The van der Waals surface area contributed by atoms with Gasteiger partial charge >= 0.3 is 0 Å². The maximum Gasteiger partial charge on any atom is 0.0184 e. The Morgan fingerprint density at radius 1 is 1.71 bits per heavy atom. The van der Waals surface area contributed by atoms with Gasteiger partial charge in [0.25, 0.3) is 0 Å². The van der Waals surface area contributed by atoms with Crippen LogP contribution in [-0.2, 0) is 4.55 Å². The van der Waals surface area contributed by atoms with E-state index in [-0.39, 0.29) is 0 Å². The molecule has 0 aliphatic heterocycles. The highest BCUT2D eigenvalue weighted by atomic mass is 32.2. The second-order valence-corrected chi connectivity index (χ2v) is 2.51. The normalized spacial score (nSPS) is 13.3. The first-order valence-corrected chi connectivity index (χ1v) is 3.55. The number of hydrogen-bond acceptors (Lipinski definition) is 0. The van der Waals surface area contributed by atoms with Gasteiger partial charge in [-0.15, -0.1) is 6.58 Å². The Bertz CT molecular complexity index is 78.1. The van der Waals surface area contributed by atoms with Crippen molar-refractivity contribution in [1.82, 2.24) is 0 Å². The van der Waals surface area contributed by atoms with Gasteiger partial charge in [-0.1, -0.05) is 6.08 Å². The van der Waals surface area contributed by atoms with Crippen LogP contribution in [0.4, 0.5) is 0 Å². The molecule has 0 bridgehead atoms. The standard InChI is InChI=1S/C5H9OS/c1-3-4-5-7(2)6/h3H,1-2,4-5H2. The van der Waals surface area contributed by atoms with E-state index < -0.39 is 10.8 Å². The summed E-state index contributed by atoms with van der Waals surface area (Å²) in [6.07, 6.45) is 2.54. The molecule has 1 unspecified atom stereocenters. The highest BCUT2D eigenvalue weighted by molar-refractivity contribution is 8.08. The molecule has 0 saturated heterocycles. The van der Waals surface area contributed by atoms with Crippen molar-refractivity contribution in [2.75, 3.05) is 5.75 Å². The quantitative estimate of drug-likeness (QED) is 0.395. The van der Waals surface area contributed by atoms with Gasteiger partial charge in [-0.25, -0.2) is 0 Å². The van der Waals surface area contributed by atoms with Crippen molar-refractivity contribution < 1.29 is 4.55 Å². The fraction of sp³-hybridized carbons (Fsp3) is 0.400. The minimum Gasteiger partial charge on any atom is -0.160 e.